The van der Waals surface area contributed by atoms with Crippen molar-refractivity contribution in [2.45, 2.75) is 30.0 Å². The molecule has 0 radical (unpaired) electrons. The van der Waals surface area contributed by atoms with Crippen LogP contribution in [-0.2, 0) is 19.6 Å². The average Bonchev–Trinajstić information content (AvgIpc) is 3.64. The van der Waals surface area contributed by atoms with E-state index < -0.39 is 16.1 Å². The number of nitrogens with one attached hydrogen (secondary N) is 2. The molecule has 2 unspecified atom stereocenters. The predicted octanol–water partition coefficient (Wildman–Crippen LogP) is 0.875. The van der Waals surface area contributed by atoms with Crippen LogP contribution in [0.1, 0.15) is 18.4 Å². The first-order valence-electron chi connectivity index (χ1n) is 13.3. The van der Waals surface area contributed by atoms with Crippen LogP contribution in [0, 0.1) is 12.3 Å². The van der Waals surface area contributed by atoms with Gasteiger partial charge in [-0.25, -0.2) is 18.2 Å². The molecule has 6 rings (SSSR count). The number of H-pyrrole nitrogens is 1. The van der Waals surface area contributed by atoms with Gasteiger partial charge in [0.15, 0.2) is 0 Å². The Morgan fingerprint density at radius 3 is 2.77 bits per heavy atom. The molecule has 1 aromatic heterocycles. The van der Waals surface area contributed by atoms with Gasteiger partial charge in [-0.1, -0.05) is 17.7 Å². The van der Waals surface area contributed by atoms with Crippen LogP contribution in [0.5, 0.6) is 0 Å². The first-order valence-corrected chi connectivity index (χ1v) is 15.7. The van der Waals surface area contributed by atoms with E-state index in [1.165, 1.54) is 9.31 Å². The predicted molar refractivity (Wildman–Crippen MR) is 151 cm³/mol. The number of urea groups is 1. The molecule has 4 aliphatic heterocycles. The van der Waals surface area contributed by atoms with Gasteiger partial charge in [0.1, 0.15) is 10.1 Å². The fourth-order valence-corrected chi connectivity index (χ4v) is 8.00. The molecule has 12 nitrogen and oxygen atoms in total. The zero-order valence-electron chi connectivity index (χ0n) is 21.9. The topological polar surface area (TPSA) is 131 Å². The Kier molecular flexibility index (Phi) is 7.49. The number of amides is 3. The normalized spacial score (nSPS) is 24.1. The highest BCUT2D eigenvalue weighted by atomic mass is 32.2. The van der Waals surface area contributed by atoms with Gasteiger partial charge in [0.05, 0.1) is 25.3 Å². The molecule has 2 atom stereocenters. The Morgan fingerprint density at radius 2 is 1.98 bits per heavy atom. The molecule has 40 heavy (non-hydrogen) atoms. The lowest BCUT2D eigenvalue weighted by molar-refractivity contribution is -0.136. The number of benzene rings is 1. The summed E-state index contributed by atoms with van der Waals surface area (Å²) in [5, 5.41) is 11.0. The minimum atomic E-state index is -3.93. The molecule has 2 aromatic rings. The third kappa shape index (κ3) is 5.19. The minimum absolute atomic E-state index is 0.00152. The second-order valence-electron chi connectivity index (χ2n) is 10.2. The highest BCUT2D eigenvalue weighted by Crippen LogP contribution is 2.28. The number of aromatic amines is 1. The van der Waals surface area contributed by atoms with Crippen molar-refractivity contribution in [3.63, 3.8) is 0 Å². The number of hydrazone groups is 1. The van der Waals surface area contributed by atoms with Crippen molar-refractivity contribution in [1.29, 1.82) is 0 Å². The highest BCUT2D eigenvalue weighted by Gasteiger charge is 2.41. The van der Waals surface area contributed by atoms with Crippen molar-refractivity contribution in [2.75, 3.05) is 58.4 Å². The molecule has 14 heteroatoms. The highest BCUT2D eigenvalue weighted by molar-refractivity contribution is 8.14. The van der Waals surface area contributed by atoms with E-state index in [2.05, 4.69) is 21.3 Å². The number of hydrogen-bond acceptors (Lipinski definition) is 8. The summed E-state index contributed by atoms with van der Waals surface area (Å²) in [7, 11) is -3.93. The first-order chi connectivity index (χ1) is 19.3. The van der Waals surface area contributed by atoms with Crippen LogP contribution in [-0.4, -0.2) is 120 Å². The number of thioether (sulfide) groups is 1. The average molecular weight is 586 g/mol. The third-order valence-corrected chi connectivity index (χ3v) is 10.5. The monoisotopic (exact) mass is 585 g/mol. The quantitative estimate of drug-likeness (QED) is 0.510. The Labute approximate surface area is 237 Å². The van der Waals surface area contributed by atoms with Gasteiger partial charge in [-0.3, -0.25) is 10.1 Å². The number of ether oxygens (including phenoxy) is 1. The Morgan fingerprint density at radius 1 is 1.15 bits per heavy atom. The van der Waals surface area contributed by atoms with E-state index in [9.17, 15) is 18.0 Å². The summed E-state index contributed by atoms with van der Waals surface area (Å²) in [4.78, 5) is 33.3. The number of piperazine rings is 1. The van der Waals surface area contributed by atoms with Crippen molar-refractivity contribution >= 4 is 49.7 Å². The largest absolute Gasteiger partial charge is 0.378 e. The van der Waals surface area contributed by atoms with Crippen molar-refractivity contribution in [2.24, 2.45) is 5.10 Å². The van der Waals surface area contributed by atoms with Crippen LogP contribution in [0.4, 0.5) is 4.79 Å². The standard InChI is InChI=1S/C26H31N7O5S2/c1-2-18-3-4-21-19(13-18)14-23(28-21)40(36,37)31-7-8-32(20(16-31)15-24(34)30-9-11-38-12-10-30)26(35)33-6-5-22-25(29-33)39-17-27-22/h1,3-4,13-14,20,22,27-28H,5-12,15-17H2. The van der Waals surface area contributed by atoms with Crippen molar-refractivity contribution < 1.29 is 22.7 Å². The first kappa shape index (κ1) is 27.1. The number of terminal acetylenes is 1. The molecule has 0 spiro atoms. The smallest absolute Gasteiger partial charge is 0.340 e. The zero-order chi connectivity index (χ0) is 27.9. The molecule has 0 bridgehead atoms. The molecule has 5 heterocycles. The number of sulfonamides is 1. The number of fused-ring (bicyclic) bond motifs is 2. The van der Waals surface area contributed by atoms with E-state index in [4.69, 9.17) is 11.2 Å². The van der Waals surface area contributed by atoms with Gasteiger partial charge < -0.3 is 19.5 Å². The van der Waals surface area contributed by atoms with Gasteiger partial charge in [-0.2, -0.15) is 9.41 Å². The van der Waals surface area contributed by atoms with Gasteiger partial charge in [0.2, 0.25) is 5.91 Å². The second kappa shape index (κ2) is 11.1. The lowest BCUT2D eigenvalue weighted by Gasteiger charge is -2.42. The van der Waals surface area contributed by atoms with E-state index >= 15 is 0 Å². The van der Waals surface area contributed by atoms with Crippen LogP contribution >= 0.6 is 11.8 Å². The molecule has 2 N–H and O–H groups in total. The maximum absolute atomic E-state index is 13.7. The van der Waals surface area contributed by atoms with E-state index in [1.807, 2.05) is 0 Å². The maximum atomic E-state index is 13.7. The molecule has 3 saturated heterocycles. The van der Waals surface area contributed by atoms with Gasteiger partial charge in [0.25, 0.3) is 10.0 Å². The molecular weight excluding hydrogens is 554 g/mol. The summed E-state index contributed by atoms with van der Waals surface area (Å²) in [6.07, 6.45) is 6.27. The Bertz CT molecular complexity index is 1490. The molecule has 212 valence electrons. The summed E-state index contributed by atoms with van der Waals surface area (Å²) >= 11 is 1.58. The number of morpholine rings is 1. The molecule has 1 aromatic carbocycles. The van der Waals surface area contributed by atoms with Gasteiger partial charge >= 0.3 is 6.03 Å². The van der Waals surface area contributed by atoms with Gasteiger partial charge in [-0.15, -0.1) is 6.42 Å². The molecule has 3 fully saturated rings. The van der Waals surface area contributed by atoms with E-state index in [0.717, 1.165) is 17.3 Å². The van der Waals surface area contributed by atoms with Gasteiger partial charge in [0, 0.05) is 68.0 Å². The summed E-state index contributed by atoms with van der Waals surface area (Å²) in [5.74, 6) is 3.20. The summed E-state index contributed by atoms with van der Waals surface area (Å²) in [5.41, 5.74) is 1.32. The summed E-state index contributed by atoms with van der Waals surface area (Å²) < 4.78 is 34.2. The Balaban J connectivity index is 1.25. The molecule has 0 aliphatic carbocycles. The zero-order valence-corrected chi connectivity index (χ0v) is 23.5. The van der Waals surface area contributed by atoms with Crippen LogP contribution in [0.3, 0.4) is 0 Å². The molecular formula is C26H31N7O5S2. The van der Waals surface area contributed by atoms with Crippen molar-refractivity contribution in [3.05, 3.63) is 29.8 Å². The van der Waals surface area contributed by atoms with E-state index in [0.29, 0.717) is 49.3 Å². The molecule has 0 saturated carbocycles. The number of aromatic nitrogens is 1. The lowest BCUT2D eigenvalue weighted by Crippen LogP contribution is -2.60. The van der Waals surface area contributed by atoms with Crippen molar-refractivity contribution in [1.82, 2.24) is 29.4 Å². The molecule has 4 aliphatic rings. The second-order valence-corrected chi connectivity index (χ2v) is 13.1. The lowest BCUT2D eigenvalue weighted by atomic mass is 10.1. The van der Waals surface area contributed by atoms with E-state index in [1.54, 1.807) is 45.8 Å². The number of hydrogen-bond donors (Lipinski definition) is 2. The number of carbonyl (C=O) groups excluding carboxylic acids is 2. The van der Waals surface area contributed by atoms with Crippen LogP contribution in [0.15, 0.2) is 34.4 Å². The summed E-state index contributed by atoms with van der Waals surface area (Å²) in [6, 6.07) is 6.06. The van der Waals surface area contributed by atoms with Crippen LogP contribution in [0.25, 0.3) is 10.9 Å². The fraction of sp³-hybridized carbons (Fsp3) is 0.500. The molecule has 3 amide bonds. The van der Waals surface area contributed by atoms with Gasteiger partial charge in [-0.05, 0) is 30.7 Å². The SMILES string of the molecule is C#Cc1ccc2[nH]c(S(=O)(=O)N3CCN(C(=O)N4CCC5NCSC5=N4)C(CC(=O)N4CCOCC4)C3)cc2c1. The number of nitrogens with zero attached hydrogens (tertiary/aromatic N) is 5. The van der Waals surface area contributed by atoms with Crippen LogP contribution in [0.2, 0.25) is 0 Å². The fourth-order valence-electron chi connectivity index (χ4n) is 5.52. The Hall–Kier alpha value is -3.09. The number of rotatable bonds is 4. The van der Waals surface area contributed by atoms with Crippen molar-refractivity contribution in [3.8, 4) is 12.3 Å². The third-order valence-electron chi connectivity index (χ3n) is 7.76. The minimum Gasteiger partial charge on any atom is -0.378 e. The number of carbonyl (C=O) groups is 2. The van der Waals surface area contributed by atoms with E-state index in [-0.39, 0.29) is 49.1 Å². The van der Waals surface area contributed by atoms with Crippen LogP contribution < -0.4 is 5.32 Å². The summed E-state index contributed by atoms with van der Waals surface area (Å²) in [6.45, 7) is 2.57. The maximum Gasteiger partial charge on any atom is 0.340 e.